The lowest BCUT2D eigenvalue weighted by atomic mass is 9.98. The molecule has 0 radical (unpaired) electrons. The fraction of sp³-hybridized carbons (Fsp3) is 0.0741. The highest BCUT2D eigenvalue weighted by Gasteiger charge is 2.15. The topological polar surface area (TPSA) is 3.24 Å². The van der Waals surface area contributed by atoms with Crippen LogP contribution in [-0.4, -0.2) is 0 Å². The third-order valence-electron chi connectivity index (χ3n) is 9.78. The molecule has 0 atom stereocenters. The summed E-state index contributed by atoms with van der Waals surface area (Å²) in [5.74, 6) is 0. The highest BCUT2D eigenvalue weighted by atomic mass is 15.1. The SMILES string of the molecule is C=C\C(=C/C(=C/c1ccc(-c2ccccc2)cc1)C(/C)=C/C=C(C)/C(C)=C/C=C\C)N(c1ccc(-c2ccccc2)cc1)c1ccc(-c2ccccc2)cc1. The van der Waals surface area contributed by atoms with Crippen LogP contribution in [0.5, 0.6) is 0 Å². The molecule has 0 aliphatic carbocycles. The second-order valence-corrected chi connectivity index (χ2v) is 13.6. The molecule has 0 fully saturated rings. The van der Waals surface area contributed by atoms with Crippen LogP contribution in [0.3, 0.4) is 0 Å². The summed E-state index contributed by atoms with van der Waals surface area (Å²) >= 11 is 0. The fourth-order valence-corrected chi connectivity index (χ4v) is 6.39. The van der Waals surface area contributed by atoms with Crippen LogP contribution in [-0.2, 0) is 0 Å². The van der Waals surface area contributed by atoms with E-state index in [0.29, 0.717) is 0 Å². The van der Waals surface area contributed by atoms with Gasteiger partial charge in [0.15, 0.2) is 0 Å². The minimum absolute atomic E-state index is 0.963. The van der Waals surface area contributed by atoms with Crippen LogP contribution >= 0.6 is 0 Å². The largest absolute Gasteiger partial charge is 0.311 e. The molecule has 0 heterocycles. The normalized spacial score (nSPS) is 12.9. The predicted octanol–water partition coefficient (Wildman–Crippen LogP) is 15.4. The Kier molecular flexibility index (Phi) is 13.1. The van der Waals surface area contributed by atoms with Crippen LogP contribution in [0.2, 0.25) is 0 Å². The summed E-state index contributed by atoms with van der Waals surface area (Å²) in [5.41, 5.74) is 16.0. The lowest BCUT2D eigenvalue weighted by Gasteiger charge is -2.27. The highest BCUT2D eigenvalue weighted by Crippen LogP contribution is 2.35. The van der Waals surface area contributed by atoms with Gasteiger partial charge in [0.05, 0.1) is 0 Å². The lowest BCUT2D eigenvalue weighted by Crippen LogP contribution is -2.15. The van der Waals surface area contributed by atoms with Gasteiger partial charge >= 0.3 is 0 Å². The molecular formula is C54H49N. The fourth-order valence-electron chi connectivity index (χ4n) is 6.39. The molecule has 6 rings (SSSR count). The van der Waals surface area contributed by atoms with E-state index in [1.54, 1.807) is 0 Å². The zero-order valence-corrected chi connectivity index (χ0v) is 32.4. The first-order chi connectivity index (χ1) is 26.9. The maximum absolute atomic E-state index is 4.37. The van der Waals surface area contributed by atoms with E-state index in [9.17, 15) is 0 Å². The number of nitrogens with zero attached hydrogens (tertiary/aromatic N) is 1. The lowest BCUT2D eigenvalue weighted by molar-refractivity contribution is 1.20. The van der Waals surface area contributed by atoms with E-state index in [0.717, 1.165) is 33.8 Å². The standard InChI is InChI=1S/C54H49N/c1-6-8-18-41(3)42(4)25-26-43(5)51(39-44-27-29-48(30-28-44)45-19-12-9-13-20-45)40-52(7-2)55(53-35-31-49(32-36-53)46-21-14-10-15-22-46)54-37-33-50(34-38-54)47-23-16-11-17-24-47/h6-40H,2H2,1,3-5H3/b8-6-,41-18+,42-25+,43-26+,51-39-,52-40+. The Labute approximate surface area is 328 Å². The van der Waals surface area contributed by atoms with E-state index in [1.807, 2.05) is 13.0 Å². The Bertz CT molecular complexity index is 2270. The molecule has 270 valence electrons. The van der Waals surface area contributed by atoms with E-state index >= 15 is 0 Å². The van der Waals surface area contributed by atoms with Crippen molar-refractivity contribution in [3.8, 4) is 33.4 Å². The van der Waals surface area contributed by atoms with Gasteiger partial charge in [0.2, 0.25) is 0 Å². The zero-order valence-electron chi connectivity index (χ0n) is 32.4. The van der Waals surface area contributed by atoms with Crippen molar-refractivity contribution in [3.05, 3.63) is 246 Å². The third kappa shape index (κ3) is 10.0. The van der Waals surface area contributed by atoms with Crippen LogP contribution in [0, 0.1) is 0 Å². The zero-order chi connectivity index (χ0) is 38.4. The van der Waals surface area contributed by atoms with Gasteiger partial charge in [-0.05, 0) is 131 Å². The number of hydrogen-bond donors (Lipinski definition) is 0. The van der Waals surface area contributed by atoms with Crippen molar-refractivity contribution in [1.29, 1.82) is 0 Å². The van der Waals surface area contributed by atoms with Gasteiger partial charge in [-0.3, -0.25) is 0 Å². The van der Waals surface area contributed by atoms with Gasteiger partial charge in [-0.15, -0.1) is 0 Å². The van der Waals surface area contributed by atoms with Gasteiger partial charge in [-0.2, -0.15) is 0 Å². The number of anilines is 2. The van der Waals surface area contributed by atoms with Crippen molar-refractivity contribution in [1.82, 2.24) is 0 Å². The molecule has 0 amide bonds. The molecule has 0 unspecified atom stereocenters. The molecule has 1 nitrogen and oxygen atoms in total. The molecule has 0 saturated heterocycles. The van der Waals surface area contributed by atoms with Gasteiger partial charge in [0.25, 0.3) is 0 Å². The summed E-state index contributed by atoms with van der Waals surface area (Å²) in [6.45, 7) is 12.9. The molecule has 0 aromatic heterocycles. The minimum Gasteiger partial charge on any atom is -0.311 e. The van der Waals surface area contributed by atoms with E-state index in [2.05, 4.69) is 239 Å². The summed E-state index contributed by atoms with van der Waals surface area (Å²) in [4.78, 5) is 2.29. The summed E-state index contributed by atoms with van der Waals surface area (Å²) < 4.78 is 0. The second kappa shape index (κ2) is 18.9. The smallest absolute Gasteiger partial charge is 0.0462 e. The van der Waals surface area contributed by atoms with Crippen LogP contribution in [0.4, 0.5) is 11.4 Å². The van der Waals surface area contributed by atoms with Crippen molar-refractivity contribution < 1.29 is 0 Å². The van der Waals surface area contributed by atoms with Gasteiger partial charge in [0, 0.05) is 17.1 Å². The molecule has 0 saturated carbocycles. The van der Waals surface area contributed by atoms with Gasteiger partial charge < -0.3 is 4.90 Å². The molecule has 0 aliphatic heterocycles. The summed E-state index contributed by atoms with van der Waals surface area (Å²) in [6, 6.07) is 57.9. The van der Waals surface area contributed by atoms with Crippen LogP contribution in [0.25, 0.3) is 39.5 Å². The quantitative estimate of drug-likeness (QED) is 0.108. The molecule has 0 aliphatic rings. The highest BCUT2D eigenvalue weighted by molar-refractivity contribution is 5.77. The average molecular weight is 712 g/mol. The summed E-state index contributed by atoms with van der Waals surface area (Å²) in [6.07, 6.45) is 17.2. The van der Waals surface area contributed by atoms with E-state index in [4.69, 9.17) is 0 Å². The van der Waals surface area contributed by atoms with Gasteiger partial charge in [-0.25, -0.2) is 0 Å². The molecule has 6 aromatic carbocycles. The Balaban J connectivity index is 1.47. The Morgan fingerprint density at radius 2 is 0.836 bits per heavy atom. The number of benzene rings is 6. The number of allylic oxidation sites excluding steroid dienone is 11. The van der Waals surface area contributed by atoms with Crippen LogP contribution in [0.1, 0.15) is 33.3 Å². The molecule has 0 bridgehead atoms. The van der Waals surface area contributed by atoms with E-state index < -0.39 is 0 Å². The first-order valence-corrected chi connectivity index (χ1v) is 18.9. The molecular weight excluding hydrogens is 663 g/mol. The predicted molar refractivity (Wildman–Crippen MR) is 240 cm³/mol. The third-order valence-corrected chi connectivity index (χ3v) is 9.78. The molecule has 0 N–H and O–H groups in total. The Morgan fingerprint density at radius 3 is 1.25 bits per heavy atom. The monoisotopic (exact) mass is 711 g/mol. The number of rotatable bonds is 13. The Morgan fingerprint density at radius 1 is 0.455 bits per heavy atom. The summed E-state index contributed by atoms with van der Waals surface area (Å²) in [7, 11) is 0. The summed E-state index contributed by atoms with van der Waals surface area (Å²) in [5, 5.41) is 0. The van der Waals surface area contributed by atoms with Crippen LogP contribution < -0.4 is 4.90 Å². The van der Waals surface area contributed by atoms with Crippen molar-refractivity contribution in [3.63, 3.8) is 0 Å². The van der Waals surface area contributed by atoms with E-state index in [1.165, 1.54) is 44.5 Å². The van der Waals surface area contributed by atoms with E-state index in [-0.39, 0.29) is 0 Å². The maximum atomic E-state index is 4.37. The van der Waals surface area contributed by atoms with Crippen molar-refractivity contribution in [2.45, 2.75) is 27.7 Å². The molecule has 1 heteroatoms. The van der Waals surface area contributed by atoms with Crippen molar-refractivity contribution >= 4 is 17.5 Å². The first-order valence-electron chi connectivity index (χ1n) is 18.9. The molecule has 0 spiro atoms. The second-order valence-electron chi connectivity index (χ2n) is 13.6. The first kappa shape index (κ1) is 38.0. The molecule has 55 heavy (non-hydrogen) atoms. The van der Waals surface area contributed by atoms with Crippen LogP contribution in [0.15, 0.2) is 241 Å². The van der Waals surface area contributed by atoms with Crippen molar-refractivity contribution in [2.24, 2.45) is 0 Å². The maximum Gasteiger partial charge on any atom is 0.0462 e. The van der Waals surface area contributed by atoms with Gasteiger partial charge in [0.1, 0.15) is 0 Å². The average Bonchev–Trinajstić information content (AvgIpc) is 3.25. The van der Waals surface area contributed by atoms with Crippen molar-refractivity contribution in [2.75, 3.05) is 4.90 Å². The minimum atomic E-state index is 0.963. The number of hydrogen-bond acceptors (Lipinski definition) is 1. The van der Waals surface area contributed by atoms with Gasteiger partial charge in [-0.1, -0.05) is 176 Å². The molecule has 6 aromatic rings. The Hall–Kier alpha value is -6.70.